The van der Waals surface area contributed by atoms with Gasteiger partial charge in [0, 0.05) is 26.5 Å². The largest absolute Gasteiger partial charge is 0.385 e. The zero-order chi connectivity index (χ0) is 13.4. The average Bonchev–Trinajstić information content (AvgIpc) is 2.38. The van der Waals surface area contributed by atoms with Gasteiger partial charge in [-0.25, -0.2) is 24.0 Å². The first-order valence-electron chi connectivity index (χ1n) is 5.51. The predicted molar refractivity (Wildman–Crippen MR) is 68.3 cm³/mol. The van der Waals surface area contributed by atoms with Crippen LogP contribution in [0.15, 0.2) is 23.2 Å². The van der Waals surface area contributed by atoms with Gasteiger partial charge in [0.2, 0.25) is 10.0 Å². The Morgan fingerprint density at radius 1 is 1.39 bits per heavy atom. The van der Waals surface area contributed by atoms with Crippen LogP contribution < -0.4 is 16.0 Å². The summed E-state index contributed by atoms with van der Waals surface area (Å²) in [6.45, 7) is 1.00. The molecule has 0 atom stereocenters. The van der Waals surface area contributed by atoms with Crippen molar-refractivity contribution in [3.05, 3.63) is 18.3 Å². The van der Waals surface area contributed by atoms with Gasteiger partial charge in [-0.3, -0.25) is 0 Å². The lowest BCUT2D eigenvalue weighted by Crippen LogP contribution is -2.25. The van der Waals surface area contributed by atoms with Gasteiger partial charge in [-0.2, -0.15) is 0 Å². The molecule has 18 heavy (non-hydrogen) atoms. The molecule has 7 nitrogen and oxygen atoms in total. The molecule has 0 aliphatic heterocycles. The third-order valence-corrected chi connectivity index (χ3v) is 3.71. The number of hydrogen-bond donors (Lipinski definition) is 3. The quantitative estimate of drug-likeness (QED) is 0.352. The number of sulfonamides is 1. The number of aromatic nitrogens is 1. The Morgan fingerprint density at radius 2 is 2.17 bits per heavy atom. The molecule has 0 radical (unpaired) electrons. The van der Waals surface area contributed by atoms with Crippen molar-refractivity contribution in [2.45, 2.75) is 17.7 Å². The highest BCUT2D eigenvalue weighted by Crippen LogP contribution is 2.09. The highest BCUT2D eigenvalue weighted by Gasteiger charge is 2.13. The molecule has 0 saturated heterocycles. The van der Waals surface area contributed by atoms with E-state index in [1.807, 2.05) is 0 Å². The fourth-order valence-corrected chi connectivity index (χ4v) is 2.30. The standard InChI is InChI=1S/C10H18N4O3S/c1-17-7-3-2-6-13-18(15,16)9-4-5-10(14-11)12-8-9/h4-5,8,13H,2-3,6-7,11H2,1H3,(H,12,14). The molecular weight excluding hydrogens is 256 g/mol. The maximum atomic E-state index is 11.8. The van der Waals surface area contributed by atoms with E-state index < -0.39 is 10.0 Å². The minimum Gasteiger partial charge on any atom is -0.385 e. The first-order chi connectivity index (χ1) is 8.60. The van der Waals surface area contributed by atoms with Crippen LogP contribution in [0.3, 0.4) is 0 Å². The minimum absolute atomic E-state index is 0.119. The summed E-state index contributed by atoms with van der Waals surface area (Å²) in [6, 6.07) is 2.94. The lowest BCUT2D eigenvalue weighted by Gasteiger charge is -2.06. The van der Waals surface area contributed by atoms with Crippen LogP contribution in [0.1, 0.15) is 12.8 Å². The van der Waals surface area contributed by atoms with E-state index in [2.05, 4.69) is 15.1 Å². The van der Waals surface area contributed by atoms with Crippen molar-refractivity contribution in [3.8, 4) is 0 Å². The van der Waals surface area contributed by atoms with Crippen LogP contribution in [0, 0.1) is 0 Å². The Hall–Kier alpha value is -1.22. The number of nitrogens with one attached hydrogen (secondary N) is 2. The average molecular weight is 274 g/mol. The molecule has 1 aromatic heterocycles. The van der Waals surface area contributed by atoms with E-state index in [-0.39, 0.29) is 4.90 Å². The van der Waals surface area contributed by atoms with Crippen molar-refractivity contribution < 1.29 is 13.2 Å². The van der Waals surface area contributed by atoms with Crippen LogP contribution in [-0.2, 0) is 14.8 Å². The molecular formula is C10H18N4O3S. The van der Waals surface area contributed by atoms with E-state index in [1.54, 1.807) is 7.11 Å². The van der Waals surface area contributed by atoms with Crippen molar-refractivity contribution in [2.75, 3.05) is 25.7 Å². The molecule has 0 amide bonds. The second-order valence-electron chi connectivity index (χ2n) is 3.62. The number of unbranched alkanes of at least 4 members (excludes halogenated alkanes) is 1. The number of methoxy groups -OCH3 is 1. The summed E-state index contributed by atoms with van der Waals surface area (Å²) in [6.07, 6.45) is 2.79. The summed E-state index contributed by atoms with van der Waals surface area (Å²) in [5.41, 5.74) is 2.33. The third kappa shape index (κ3) is 4.57. The fourth-order valence-electron chi connectivity index (χ4n) is 1.29. The highest BCUT2D eigenvalue weighted by molar-refractivity contribution is 7.89. The Labute approximate surface area is 107 Å². The lowest BCUT2D eigenvalue weighted by molar-refractivity contribution is 0.193. The van der Waals surface area contributed by atoms with Gasteiger partial charge in [-0.15, -0.1) is 0 Å². The minimum atomic E-state index is -3.49. The number of ether oxygens (including phenoxy) is 1. The molecule has 0 spiro atoms. The Balaban J connectivity index is 2.51. The predicted octanol–water partition coefficient (Wildman–Crippen LogP) is 0.0721. The summed E-state index contributed by atoms with van der Waals surface area (Å²) < 4.78 is 31.0. The van der Waals surface area contributed by atoms with E-state index in [0.717, 1.165) is 12.8 Å². The van der Waals surface area contributed by atoms with Crippen molar-refractivity contribution in [1.29, 1.82) is 0 Å². The van der Waals surface area contributed by atoms with Crippen LogP contribution >= 0.6 is 0 Å². The maximum absolute atomic E-state index is 11.8. The third-order valence-electron chi connectivity index (χ3n) is 2.26. The fraction of sp³-hybridized carbons (Fsp3) is 0.500. The number of rotatable bonds is 8. The number of pyridine rings is 1. The number of hydrogen-bond acceptors (Lipinski definition) is 6. The number of nitrogens with zero attached hydrogens (tertiary/aromatic N) is 1. The number of nitrogen functional groups attached to an aromatic ring is 1. The van der Waals surface area contributed by atoms with Gasteiger partial charge in [-0.05, 0) is 25.0 Å². The zero-order valence-electron chi connectivity index (χ0n) is 10.2. The second kappa shape index (κ2) is 7.27. The Bertz CT molecular complexity index is 447. The number of nitrogens with two attached hydrogens (primary N) is 1. The number of anilines is 1. The van der Waals surface area contributed by atoms with E-state index in [4.69, 9.17) is 10.6 Å². The maximum Gasteiger partial charge on any atom is 0.242 e. The normalized spacial score (nSPS) is 11.4. The molecule has 0 unspecified atom stereocenters. The van der Waals surface area contributed by atoms with Gasteiger partial charge < -0.3 is 10.2 Å². The van der Waals surface area contributed by atoms with Crippen LogP contribution in [0.25, 0.3) is 0 Å². The van der Waals surface area contributed by atoms with E-state index >= 15 is 0 Å². The smallest absolute Gasteiger partial charge is 0.242 e. The van der Waals surface area contributed by atoms with Crippen molar-refractivity contribution in [3.63, 3.8) is 0 Å². The zero-order valence-corrected chi connectivity index (χ0v) is 11.0. The van der Waals surface area contributed by atoms with Crippen LogP contribution in [0.2, 0.25) is 0 Å². The van der Waals surface area contributed by atoms with E-state index in [1.165, 1.54) is 18.3 Å². The topological polar surface area (TPSA) is 106 Å². The molecule has 102 valence electrons. The van der Waals surface area contributed by atoms with Gasteiger partial charge in [0.1, 0.15) is 10.7 Å². The molecule has 1 heterocycles. The molecule has 0 fully saturated rings. The molecule has 0 bridgehead atoms. The molecule has 0 aliphatic rings. The summed E-state index contributed by atoms with van der Waals surface area (Å²) in [5.74, 6) is 5.56. The van der Waals surface area contributed by atoms with Crippen molar-refractivity contribution >= 4 is 15.8 Å². The van der Waals surface area contributed by atoms with Gasteiger partial charge >= 0.3 is 0 Å². The summed E-state index contributed by atoms with van der Waals surface area (Å²) in [7, 11) is -1.88. The van der Waals surface area contributed by atoms with Gasteiger partial charge in [0.25, 0.3) is 0 Å². The van der Waals surface area contributed by atoms with Gasteiger partial charge in [0.05, 0.1) is 0 Å². The summed E-state index contributed by atoms with van der Waals surface area (Å²) in [5, 5.41) is 0. The molecule has 0 aliphatic carbocycles. The van der Waals surface area contributed by atoms with E-state index in [0.29, 0.717) is 19.0 Å². The van der Waals surface area contributed by atoms with Crippen molar-refractivity contribution in [2.24, 2.45) is 5.84 Å². The van der Waals surface area contributed by atoms with Gasteiger partial charge in [0.15, 0.2) is 0 Å². The molecule has 8 heteroatoms. The summed E-state index contributed by atoms with van der Waals surface area (Å²) in [4.78, 5) is 3.96. The van der Waals surface area contributed by atoms with E-state index in [9.17, 15) is 8.42 Å². The Morgan fingerprint density at radius 3 is 2.72 bits per heavy atom. The Kier molecular flexibility index (Phi) is 5.99. The SMILES string of the molecule is COCCCCNS(=O)(=O)c1ccc(NN)nc1. The summed E-state index contributed by atoms with van der Waals surface area (Å²) >= 11 is 0. The second-order valence-corrected chi connectivity index (χ2v) is 5.39. The molecule has 1 aromatic rings. The highest BCUT2D eigenvalue weighted by atomic mass is 32.2. The van der Waals surface area contributed by atoms with Gasteiger partial charge in [-0.1, -0.05) is 0 Å². The molecule has 0 aromatic carbocycles. The van der Waals surface area contributed by atoms with Crippen LogP contribution in [0.5, 0.6) is 0 Å². The van der Waals surface area contributed by atoms with Crippen LogP contribution in [-0.4, -0.2) is 33.7 Å². The number of hydrazine groups is 1. The molecule has 4 N–H and O–H groups in total. The molecule has 1 rings (SSSR count). The van der Waals surface area contributed by atoms with Crippen molar-refractivity contribution in [1.82, 2.24) is 9.71 Å². The first-order valence-corrected chi connectivity index (χ1v) is 7.00. The molecule has 0 saturated carbocycles. The lowest BCUT2D eigenvalue weighted by atomic mass is 10.3. The van der Waals surface area contributed by atoms with Crippen LogP contribution in [0.4, 0.5) is 5.82 Å². The first kappa shape index (κ1) is 14.8. The monoisotopic (exact) mass is 274 g/mol.